The molecule has 0 amide bonds. The van der Waals surface area contributed by atoms with Crippen LogP contribution in [0.2, 0.25) is 0 Å². The van der Waals surface area contributed by atoms with Crippen LogP contribution < -0.4 is 0 Å². The highest BCUT2D eigenvalue weighted by Crippen LogP contribution is 2.39. The number of fused-ring (bicyclic) bond motifs is 6. The first-order valence-corrected chi connectivity index (χ1v) is 17.9. The number of benzene rings is 8. The number of para-hydroxylation sites is 1. The second-order valence-electron chi connectivity index (χ2n) is 13.0. The number of hydrogen-bond acceptors (Lipinski definition) is 1. The Kier molecular flexibility index (Phi) is 6.75. The van der Waals surface area contributed by atoms with Crippen molar-refractivity contribution in [3.63, 3.8) is 0 Å². The average Bonchev–Trinajstić information content (AvgIpc) is 3.73. The first kappa shape index (κ1) is 28.8. The minimum absolute atomic E-state index is 1.16. The molecule has 1 nitrogen and oxygen atoms in total. The lowest BCUT2D eigenvalue weighted by Gasteiger charge is -2.11. The fourth-order valence-corrected chi connectivity index (χ4v) is 8.61. The minimum atomic E-state index is 1.16. The summed E-state index contributed by atoms with van der Waals surface area (Å²) in [6.45, 7) is 0. The highest BCUT2D eigenvalue weighted by atomic mass is 32.1. The van der Waals surface area contributed by atoms with E-state index in [2.05, 4.69) is 193 Å². The van der Waals surface area contributed by atoms with Crippen molar-refractivity contribution in [2.75, 3.05) is 0 Å². The molecule has 0 aliphatic heterocycles. The molecule has 2 heteroatoms. The summed E-state index contributed by atoms with van der Waals surface area (Å²) >= 11 is 1.87. The maximum Gasteiger partial charge on any atom is 0.0541 e. The summed E-state index contributed by atoms with van der Waals surface area (Å²) in [6.07, 6.45) is 0. The molecule has 0 N–H and O–H groups in total. The standard InChI is InChI=1S/C48H31NS/c1-2-10-32(11-3-1)34-12-8-14-36(28-34)37-15-9-13-35(29-37)33-20-24-40(25-21-33)49-45-18-6-4-16-41(45)43-30-38(22-26-46(43)49)39-23-27-48-44(31-39)42-17-5-7-19-47(42)50-48/h1-31H. The number of hydrogen-bond donors (Lipinski definition) is 0. The van der Waals surface area contributed by atoms with Gasteiger partial charge in [0.25, 0.3) is 0 Å². The molecule has 0 fully saturated rings. The summed E-state index contributed by atoms with van der Waals surface area (Å²) < 4.78 is 5.07. The van der Waals surface area contributed by atoms with E-state index in [1.807, 2.05) is 11.3 Å². The molecule has 0 aliphatic rings. The molecule has 0 bridgehead atoms. The van der Waals surface area contributed by atoms with Crippen molar-refractivity contribution in [1.82, 2.24) is 4.57 Å². The van der Waals surface area contributed by atoms with Crippen LogP contribution in [0, 0.1) is 0 Å². The Morgan fingerprint density at radius 2 is 0.760 bits per heavy atom. The van der Waals surface area contributed by atoms with Crippen molar-refractivity contribution in [1.29, 1.82) is 0 Å². The van der Waals surface area contributed by atoms with E-state index in [1.54, 1.807) is 0 Å². The maximum atomic E-state index is 2.40. The van der Waals surface area contributed by atoms with Crippen molar-refractivity contribution >= 4 is 53.3 Å². The van der Waals surface area contributed by atoms with Gasteiger partial charge in [0.05, 0.1) is 11.0 Å². The monoisotopic (exact) mass is 653 g/mol. The van der Waals surface area contributed by atoms with Crippen LogP contribution in [-0.4, -0.2) is 4.57 Å². The fraction of sp³-hybridized carbons (Fsp3) is 0. The van der Waals surface area contributed by atoms with E-state index in [0.717, 1.165) is 5.69 Å². The van der Waals surface area contributed by atoms with Crippen LogP contribution in [0.4, 0.5) is 0 Å². The fourth-order valence-electron chi connectivity index (χ4n) is 7.53. The molecule has 0 saturated heterocycles. The zero-order chi connectivity index (χ0) is 33.0. The van der Waals surface area contributed by atoms with Crippen LogP contribution in [-0.2, 0) is 0 Å². The molecule has 0 atom stereocenters. The Balaban J connectivity index is 1.02. The van der Waals surface area contributed by atoms with Crippen molar-refractivity contribution in [2.45, 2.75) is 0 Å². The topological polar surface area (TPSA) is 4.93 Å². The van der Waals surface area contributed by atoms with E-state index >= 15 is 0 Å². The van der Waals surface area contributed by atoms with Crippen molar-refractivity contribution < 1.29 is 0 Å². The van der Waals surface area contributed by atoms with Crippen LogP contribution in [0.3, 0.4) is 0 Å². The van der Waals surface area contributed by atoms with Gasteiger partial charge in [0.15, 0.2) is 0 Å². The molecule has 2 heterocycles. The highest BCUT2D eigenvalue weighted by Gasteiger charge is 2.14. The van der Waals surface area contributed by atoms with Gasteiger partial charge < -0.3 is 4.57 Å². The van der Waals surface area contributed by atoms with Gasteiger partial charge in [-0.25, -0.2) is 0 Å². The molecule has 234 valence electrons. The normalized spacial score (nSPS) is 11.6. The van der Waals surface area contributed by atoms with Gasteiger partial charge in [-0.2, -0.15) is 0 Å². The first-order valence-electron chi connectivity index (χ1n) is 17.1. The molecule has 10 aromatic rings. The van der Waals surface area contributed by atoms with Gasteiger partial charge in [-0.1, -0.05) is 127 Å². The summed E-state index contributed by atoms with van der Waals surface area (Å²) in [7, 11) is 0. The number of nitrogens with zero attached hydrogens (tertiary/aromatic N) is 1. The molecular weight excluding hydrogens is 623 g/mol. The lowest BCUT2D eigenvalue weighted by molar-refractivity contribution is 1.18. The summed E-state index contributed by atoms with van der Waals surface area (Å²) in [6, 6.07) is 68.6. The van der Waals surface area contributed by atoms with Crippen LogP contribution in [0.5, 0.6) is 0 Å². The molecule has 0 aliphatic carbocycles. The molecule has 0 spiro atoms. The van der Waals surface area contributed by atoms with E-state index in [0.29, 0.717) is 0 Å². The zero-order valence-electron chi connectivity index (χ0n) is 27.3. The summed E-state index contributed by atoms with van der Waals surface area (Å²) in [5.74, 6) is 0. The Labute approximate surface area is 295 Å². The number of rotatable bonds is 5. The summed E-state index contributed by atoms with van der Waals surface area (Å²) in [4.78, 5) is 0. The van der Waals surface area contributed by atoms with E-state index in [-0.39, 0.29) is 0 Å². The van der Waals surface area contributed by atoms with E-state index in [4.69, 9.17) is 0 Å². The molecule has 50 heavy (non-hydrogen) atoms. The van der Waals surface area contributed by atoms with Crippen molar-refractivity contribution in [3.05, 3.63) is 188 Å². The van der Waals surface area contributed by atoms with Gasteiger partial charge in [-0.05, 0) is 105 Å². The zero-order valence-corrected chi connectivity index (χ0v) is 28.1. The lowest BCUT2D eigenvalue weighted by Crippen LogP contribution is -1.93. The second kappa shape index (κ2) is 11.7. The molecule has 10 rings (SSSR count). The highest BCUT2D eigenvalue weighted by molar-refractivity contribution is 7.25. The third kappa shape index (κ3) is 4.84. The SMILES string of the molecule is c1ccc(-c2cccc(-c3cccc(-c4ccc(-n5c6ccccc6c6cc(-c7ccc8sc9ccccc9c8c7)ccc65)cc4)c3)c2)cc1. The van der Waals surface area contributed by atoms with Gasteiger partial charge >= 0.3 is 0 Å². The molecule has 8 aromatic carbocycles. The Morgan fingerprint density at radius 3 is 1.50 bits per heavy atom. The maximum absolute atomic E-state index is 2.40. The van der Waals surface area contributed by atoms with Crippen molar-refractivity contribution in [3.8, 4) is 50.2 Å². The minimum Gasteiger partial charge on any atom is -0.309 e. The summed E-state index contributed by atoms with van der Waals surface area (Å²) in [5.41, 5.74) is 13.4. The Hall–Kier alpha value is -6.22. The van der Waals surface area contributed by atoms with Crippen LogP contribution in [0.15, 0.2) is 188 Å². The predicted octanol–water partition coefficient (Wildman–Crippen LogP) is 13.8. The molecule has 2 aromatic heterocycles. The lowest BCUT2D eigenvalue weighted by atomic mass is 9.96. The quantitative estimate of drug-likeness (QED) is 0.174. The van der Waals surface area contributed by atoms with E-state index in [1.165, 1.54) is 86.5 Å². The first-order chi connectivity index (χ1) is 24.8. The van der Waals surface area contributed by atoms with Gasteiger partial charge in [-0.15, -0.1) is 11.3 Å². The third-order valence-corrected chi connectivity index (χ3v) is 11.2. The Morgan fingerprint density at radius 1 is 0.280 bits per heavy atom. The molecule has 0 saturated carbocycles. The van der Waals surface area contributed by atoms with Crippen LogP contribution in [0.1, 0.15) is 0 Å². The largest absolute Gasteiger partial charge is 0.309 e. The van der Waals surface area contributed by atoms with E-state index < -0.39 is 0 Å². The van der Waals surface area contributed by atoms with Crippen molar-refractivity contribution in [2.24, 2.45) is 0 Å². The predicted molar refractivity (Wildman–Crippen MR) is 215 cm³/mol. The third-order valence-electron chi connectivity index (χ3n) is 10.0. The Bertz CT molecular complexity index is 2850. The van der Waals surface area contributed by atoms with Crippen LogP contribution in [0.25, 0.3) is 92.2 Å². The molecule has 0 unspecified atom stereocenters. The van der Waals surface area contributed by atoms with Crippen LogP contribution >= 0.6 is 11.3 Å². The van der Waals surface area contributed by atoms with Gasteiger partial charge in [0.1, 0.15) is 0 Å². The summed E-state index contributed by atoms with van der Waals surface area (Å²) in [5, 5.41) is 5.19. The van der Waals surface area contributed by atoms with Gasteiger partial charge in [-0.3, -0.25) is 0 Å². The second-order valence-corrected chi connectivity index (χ2v) is 14.1. The molecule has 0 radical (unpaired) electrons. The smallest absolute Gasteiger partial charge is 0.0541 e. The number of thiophene rings is 1. The number of aromatic nitrogens is 1. The van der Waals surface area contributed by atoms with Gasteiger partial charge in [0.2, 0.25) is 0 Å². The molecular formula is C48H31NS. The van der Waals surface area contributed by atoms with E-state index in [9.17, 15) is 0 Å². The average molecular weight is 654 g/mol. The van der Waals surface area contributed by atoms with Gasteiger partial charge in [0, 0.05) is 36.6 Å².